The number of hydrogen-bond acceptors (Lipinski definition) is 6. The first-order chi connectivity index (χ1) is 20.8. The summed E-state index contributed by atoms with van der Waals surface area (Å²) >= 11 is 0. The molecular weight excluding hydrogens is 540 g/mol. The normalized spacial score (nSPS) is 17.4. The van der Waals surface area contributed by atoms with Crippen molar-refractivity contribution in [1.82, 2.24) is 14.8 Å². The molecule has 0 unspecified atom stereocenters. The zero-order valence-corrected chi connectivity index (χ0v) is 24.8. The highest BCUT2D eigenvalue weighted by Gasteiger charge is 2.33. The highest BCUT2D eigenvalue weighted by molar-refractivity contribution is 6.05. The lowest BCUT2D eigenvalue weighted by Crippen LogP contribution is -2.49. The molecule has 8 heteroatoms. The number of nitrogens with one attached hydrogen (secondary N) is 1. The van der Waals surface area contributed by atoms with Gasteiger partial charge in [-0.05, 0) is 61.0 Å². The number of ether oxygens (including phenoxy) is 1. The summed E-state index contributed by atoms with van der Waals surface area (Å²) in [5.74, 6) is -0.0833. The van der Waals surface area contributed by atoms with Crippen molar-refractivity contribution in [2.45, 2.75) is 32.5 Å². The maximum Gasteiger partial charge on any atom is 0.258 e. The van der Waals surface area contributed by atoms with Crippen molar-refractivity contribution < 1.29 is 19.4 Å². The molecule has 0 saturated heterocycles. The van der Waals surface area contributed by atoms with Gasteiger partial charge in [-0.25, -0.2) is 0 Å². The molecule has 0 saturated carbocycles. The SMILES string of the molecule is C[C@@H]1CN([C@H](C)CO)C(=O)c2cc(NC(=O)c3ccncc3)ccc2O[C@H]1CN(C)Cc1ccc(-c2ccccc2)cc1. The van der Waals surface area contributed by atoms with Crippen LogP contribution < -0.4 is 10.1 Å². The Hall–Kier alpha value is -4.53. The van der Waals surface area contributed by atoms with Crippen molar-refractivity contribution in [3.05, 3.63) is 114 Å². The molecule has 4 aromatic rings. The molecular formula is C35H38N4O4. The summed E-state index contributed by atoms with van der Waals surface area (Å²) in [7, 11) is 2.07. The Morgan fingerprint density at radius 3 is 2.44 bits per heavy atom. The van der Waals surface area contributed by atoms with Gasteiger partial charge in [0.2, 0.25) is 0 Å². The first-order valence-electron chi connectivity index (χ1n) is 14.6. The first-order valence-corrected chi connectivity index (χ1v) is 14.6. The molecule has 3 atom stereocenters. The number of aromatic nitrogens is 1. The zero-order chi connectivity index (χ0) is 30.3. The van der Waals surface area contributed by atoms with E-state index in [0.717, 1.165) is 6.54 Å². The number of rotatable bonds is 9. The summed E-state index contributed by atoms with van der Waals surface area (Å²) in [6.45, 7) is 5.56. The van der Waals surface area contributed by atoms with E-state index in [2.05, 4.69) is 65.6 Å². The van der Waals surface area contributed by atoms with Crippen molar-refractivity contribution in [1.29, 1.82) is 0 Å². The molecule has 1 aromatic heterocycles. The van der Waals surface area contributed by atoms with Gasteiger partial charge in [-0.3, -0.25) is 19.5 Å². The number of anilines is 1. The van der Waals surface area contributed by atoms with E-state index in [1.54, 1.807) is 47.6 Å². The topological polar surface area (TPSA) is 95.0 Å². The number of carbonyl (C=O) groups is 2. The molecule has 1 aliphatic heterocycles. The van der Waals surface area contributed by atoms with E-state index in [0.29, 0.717) is 35.7 Å². The Kier molecular flexibility index (Phi) is 9.49. The highest BCUT2D eigenvalue weighted by Crippen LogP contribution is 2.31. The van der Waals surface area contributed by atoms with E-state index in [9.17, 15) is 14.7 Å². The number of pyridine rings is 1. The maximum atomic E-state index is 13.7. The maximum absolute atomic E-state index is 13.7. The van der Waals surface area contributed by atoms with Crippen LogP contribution in [0.2, 0.25) is 0 Å². The van der Waals surface area contributed by atoms with Gasteiger partial charge in [0.25, 0.3) is 11.8 Å². The summed E-state index contributed by atoms with van der Waals surface area (Å²) in [4.78, 5) is 34.4. The van der Waals surface area contributed by atoms with Gasteiger partial charge in [0.05, 0.1) is 18.2 Å². The molecule has 2 heterocycles. The average Bonchev–Trinajstić information content (AvgIpc) is 3.03. The number of amides is 2. The van der Waals surface area contributed by atoms with Crippen molar-refractivity contribution >= 4 is 17.5 Å². The van der Waals surface area contributed by atoms with Crippen LogP contribution >= 0.6 is 0 Å². The molecule has 5 rings (SSSR count). The number of benzene rings is 3. The summed E-state index contributed by atoms with van der Waals surface area (Å²) in [5, 5.41) is 12.8. The molecule has 0 spiro atoms. The minimum absolute atomic E-state index is 0.0000704. The van der Waals surface area contributed by atoms with E-state index in [4.69, 9.17) is 4.74 Å². The number of aliphatic hydroxyl groups is 1. The number of hydrogen-bond donors (Lipinski definition) is 2. The van der Waals surface area contributed by atoms with E-state index in [1.165, 1.54) is 16.7 Å². The van der Waals surface area contributed by atoms with Crippen LogP contribution in [0.4, 0.5) is 5.69 Å². The Morgan fingerprint density at radius 2 is 1.74 bits per heavy atom. The first kappa shape index (κ1) is 29.9. The van der Waals surface area contributed by atoms with Gasteiger partial charge in [0.15, 0.2) is 0 Å². The van der Waals surface area contributed by atoms with Crippen molar-refractivity contribution in [3.63, 3.8) is 0 Å². The summed E-state index contributed by atoms with van der Waals surface area (Å²) in [5.41, 5.74) is 4.86. The third-order valence-electron chi connectivity index (χ3n) is 7.87. The van der Waals surface area contributed by atoms with Crippen LogP contribution in [0.3, 0.4) is 0 Å². The second kappa shape index (κ2) is 13.6. The predicted molar refractivity (Wildman–Crippen MR) is 168 cm³/mol. The Morgan fingerprint density at radius 1 is 1.05 bits per heavy atom. The zero-order valence-electron chi connectivity index (χ0n) is 24.8. The molecule has 0 aliphatic carbocycles. The largest absolute Gasteiger partial charge is 0.488 e. The molecule has 0 radical (unpaired) electrons. The number of nitrogens with zero attached hydrogens (tertiary/aromatic N) is 3. The molecule has 8 nitrogen and oxygen atoms in total. The number of likely N-dealkylation sites (N-methyl/N-ethyl adjacent to an activating group) is 1. The molecule has 0 bridgehead atoms. The second-order valence-corrected chi connectivity index (χ2v) is 11.3. The van der Waals surface area contributed by atoms with Gasteiger partial charge in [-0.1, -0.05) is 61.5 Å². The smallest absolute Gasteiger partial charge is 0.258 e. The fourth-order valence-electron chi connectivity index (χ4n) is 5.34. The third kappa shape index (κ3) is 7.28. The standard InChI is InChI=1S/C35H38N4O4/c1-24-20-39(25(2)23-40)35(42)31-19-30(37-34(41)29-15-17-36-18-16-29)13-14-32(31)43-33(24)22-38(3)21-26-9-11-28(12-10-26)27-7-5-4-6-8-27/h4-19,24-25,33,40H,20-23H2,1-3H3,(H,37,41)/t24-,25-,33+/m1/s1. The molecule has 0 fully saturated rings. The molecule has 2 amide bonds. The van der Waals surface area contributed by atoms with E-state index < -0.39 is 0 Å². The van der Waals surface area contributed by atoms with Crippen molar-refractivity contribution in [2.75, 3.05) is 32.1 Å². The predicted octanol–water partition coefficient (Wildman–Crippen LogP) is 5.35. The molecule has 3 aromatic carbocycles. The van der Waals surface area contributed by atoms with Gasteiger partial charge < -0.3 is 20.1 Å². The average molecular weight is 579 g/mol. The van der Waals surface area contributed by atoms with E-state index in [1.807, 2.05) is 25.1 Å². The van der Waals surface area contributed by atoms with Crippen molar-refractivity contribution in [3.8, 4) is 16.9 Å². The lowest BCUT2D eigenvalue weighted by Gasteiger charge is -2.38. The third-order valence-corrected chi connectivity index (χ3v) is 7.87. The van der Waals surface area contributed by atoms with E-state index >= 15 is 0 Å². The fourth-order valence-corrected chi connectivity index (χ4v) is 5.34. The second-order valence-electron chi connectivity index (χ2n) is 11.3. The molecule has 2 N–H and O–H groups in total. The van der Waals surface area contributed by atoms with Gasteiger partial charge in [-0.15, -0.1) is 0 Å². The Bertz CT molecular complexity index is 1530. The Labute approximate surface area is 252 Å². The quantitative estimate of drug-likeness (QED) is 0.278. The van der Waals surface area contributed by atoms with Crippen LogP contribution in [0.5, 0.6) is 5.75 Å². The van der Waals surface area contributed by atoms with Crippen LogP contribution in [0, 0.1) is 5.92 Å². The fraction of sp³-hybridized carbons (Fsp3) is 0.286. The summed E-state index contributed by atoms with van der Waals surface area (Å²) in [6.07, 6.45) is 2.89. The van der Waals surface area contributed by atoms with Crippen LogP contribution in [0.15, 0.2) is 97.3 Å². The summed E-state index contributed by atoms with van der Waals surface area (Å²) in [6, 6.07) is 26.9. The minimum atomic E-state index is -0.377. The van der Waals surface area contributed by atoms with E-state index in [-0.39, 0.29) is 36.5 Å². The summed E-state index contributed by atoms with van der Waals surface area (Å²) < 4.78 is 6.54. The minimum Gasteiger partial charge on any atom is -0.488 e. The number of fused-ring (bicyclic) bond motifs is 1. The molecule has 43 heavy (non-hydrogen) atoms. The number of carbonyl (C=O) groups excluding carboxylic acids is 2. The van der Waals surface area contributed by atoms with Gasteiger partial charge >= 0.3 is 0 Å². The van der Waals surface area contributed by atoms with Gasteiger partial charge in [-0.2, -0.15) is 0 Å². The van der Waals surface area contributed by atoms with Crippen LogP contribution in [-0.4, -0.2) is 70.6 Å². The lowest BCUT2D eigenvalue weighted by atomic mass is 9.99. The van der Waals surface area contributed by atoms with Gasteiger partial charge in [0, 0.05) is 49.2 Å². The van der Waals surface area contributed by atoms with Crippen LogP contribution in [-0.2, 0) is 6.54 Å². The van der Waals surface area contributed by atoms with Crippen molar-refractivity contribution in [2.24, 2.45) is 5.92 Å². The highest BCUT2D eigenvalue weighted by atomic mass is 16.5. The van der Waals surface area contributed by atoms with Crippen LogP contribution in [0.1, 0.15) is 40.1 Å². The van der Waals surface area contributed by atoms with Gasteiger partial charge in [0.1, 0.15) is 11.9 Å². The molecule has 1 aliphatic rings. The number of aliphatic hydroxyl groups excluding tert-OH is 1. The van der Waals surface area contributed by atoms with Crippen LogP contribution in [0.25, 0.3) is 11.1 Å². The monoisotopic (exact) mass is 578 g/mol. The lowest BCUT2D eigenvalue weighted by molar-refractivity contribution is 0.0341. The Balaban J connectivity index is 1.34. The molecule has 222 valence electrons.